The molecule has 0 saturated carbocycles. The molecule has 0 spiro atoms. The first kappa shape index (κ1) is 49.8. The van der Waals surface area contributed by atoms with Gasteiger partial charge in [-0.25, -0.2) is 4.67 Å². The zero-order chi connectivity index (χ0) is 44.8. The van der Waals surface area contributed by atoms with E-state index in [0.717, 1.165) is 28.2 Å². The van der Waals surface area contributed by atoms with Crippen LogP contribution in [0.1, 0.15) is 84.9 Å². The zero-order valence-electron chi connectivity index (χ0n) is 37.8. The molecule has 0 bridgehead atoms. The first-order valence-electron chi connectivity index (χ1n) is 21.5. The summed E-state index contributed by atoms with van der Waals surface area (Å²) in [5, 5.41) is 18.7. The maximum absolute atomic E-state index is 9.43. The summed E-state index contributed by atoms with van der Waals surface area (Å²) in [6.07, 6.45) is -1.69. The Labute approximate surface area is 371 Å². The molecular weight excluding hydrogens is 828 g/mol. The van der Waals surface area contributed by atoms with Gasteiger partial charge in [-0.05, 0) is 82.5 Å². The molecule has 2 aliphatic heterocycles. The smallest absolute Gasteiger partial charge is 0.333 e. The van der Waals surface area contributed by atoms with Crippen molar-refractivity contribution in [2.45, 2.75) is 123 Å². The van der Waals surface area contributed by atoms with Crippen molar-refractivity contribution in [3.63, 3.8) is 0 Å². The molecule has 10 atom stereocenters. The summed E-state index contributed by atoms with van der Waals surface area (Å²) < 4.78 is 66.3. The van der Waals surface area contributed by atoms with Gasteiger partial charge in [-0.1, -0.05) is 68.4 Å². The van der Waals surface area contributed by atoms with Crippen LogP contribution in [0.3, 0.4) is 0 Å². The minimum atomic E-state index is -1.99. The summed E-state index contributed by atoms with van der Waals surface area (Å²) in [7, 11) is -0.215. The highest BCUT2D eigenvalue weighted by molar-refractivity contribution is 7.44. The maximum Gasteiger partial charge on any atom is 0.333 e. The lowest BCUT2D eigenvalue weighted by Crippen LogP contribution is -2.39. The van der Waals surface area contributed by atoms with E-state index in [4.69, 9.17) is 46.3 Å². The Morgan fingerprint density at radius 2 is 1.10 bits per heavy atom. The molecule has 3 aromatic carbocycles. The summed E-state index contributed by atoms with van der Waals surface area (Å²) in [4.78, 5) is 0. The van der Waals surface area contributed by atoms with Gasteiger partial charge in [0.15, 0.2) is 0 Å². The predicted octanol–water partition coefficient (Wildman–Crippen LogP) is 10.1. The second kappa shape index (κ2) is 24.1. The fourth-order valence-corrected chi connectivity index (χ4v) is 11.0. The molecule has 15 heteroatoms. The maximum atomic E-state index is 9.43. The van der Waals surface area contributed by atoms with Crippen molar-refractivity contribution < 1.29 is 46.3 Å². The van der Waals surface area contributed by atoms with Gasteiger partial charge in [0, 0.05) is 23.9 Å². The van der Waals surface area contributed by atoms with Crippen LogP contribution in [0, 0.1) is 34.5 Å². The normalized spacial score (nSPS) is 24.9. The molecule has 13 nitrogen and oxygen atoms in total. The highest BCUT2D eigenvalue weighted by Crippen LogP contribution is 2.52. The van der Waals surface area contributed by atoms with Crippen molar-refractivity contribution in [2.75, 3.05) is 40.6 Å². The Morgan fingerprint density at radius 1 is 0.629 bits per heavy atom. The number of nitrogens with zero attached hydrogens (tertiary/aromatic N) is 3. The van der Waals surface area contributed by atoms with Crippen molar-refractivity contribution in [3.05, 3.63) is 95.6 Å². The van der Waals surface area contributed by atoms with Crippen LogP contribution in [0.4, 0.5) is 0 Å². The van der Waals surface area contributed by atoms with Gasteiger partial charge in [0.1, 0.15) is 35.4 Å². The average molecular weight is 894 g/mol. The van der Waals surface area contributed by atoms with E-state index < -0.39 is 41.0 Å². The third kappa shape index (κ3) is 12.3. The molecule has 62 heavy (non-hydrogen) atoms. The SMILES string of the molecule is COc1ccc(C(OC[C@H]2O[C@@H](C)C(C)[C@H]2OP(OCCC#N)OC[C@H]2O[C@@H](C)C(C)[C@H]2OP(OCCC#N)N(C(C)C)C(C)C)(c2ccccc2)c2ccc(OC)cc2)cc1. The van der Waals surface area contributed by atoms with Crippen LogP contribution >= 0.6 is 17.1 Å². The monoisotopic (exact) mass is 893 g/mol. The Bertz CT molecular complexity index is 1810. The number of methoxy groups -OCH3 is 2. The fraction of sp³-hybridized carbons (Fsp3) is 0.574. The molecule has 5 rings (SSSR count). The largest absolute Gasteiger partial charge is 0.497 e. The van der Waals surface area contributed by atoms with Crippen LogP contribution in [0.15, 0.2) is 78.9 Å². The van der Waals surface area contributed by atoms with E-state index in [-0.39, 0.29) is 81.5 Å². The molecule has 2 saturated heterocycles. The van der Waals surface area contributed by atoms with Crippen LogP contribution in [0.5, 0.6) is 11.5 Å². The van der Waals surface area contributed by atoms with Crippen LogP contribution in [0.2, 0.25) is 0 Å². The highest BCUT2D eigenvalue weighted by Gasteiger charge is 2.48. The van der Waals surface area contributed by atoms with E-state index in [1.165, 1.54) is 0 Å². The summed E-state index contributed by atoms with van der Waals surface area (Å²) in [6.45, 7) is 17.4. The second-order valence-electron chi connectivity index (χ2n) is 16.2. The van der Waals surface area contributed by atoms with Crippen molar-refractivity contribution in [1.82, 2.24) is 4.67 Å². The lowest BCUT2D eigenvalue weighted by molar-refractivity contribution is -0.0794. The van der Waals surface area contributed by atoms with Gasteiger partial charge in [-0.3, -0.25) is 0 Å². The predicted molar refractivity (Wildman–Crippen MR) is 239 cm³/mol. The summed E-state index contributed by atoms with van der Waals surface area (Å²) in [5.74, 6) is 1.42. The molecule has 0 N–H and O–H groups in total. The van der Waals surface area contributed by atoms with Crippen LogP contribution in [0.25, 0.3) is 0 Å². The third-order valence-corrected chi connectivity index (χ3v) is 14.8. The Balaban J connectivity index is 1.41. The first-order chi connectivity index (χ1) is 29.9. The summed E-state index contributed by atoms with van der Waals surface area (Å²) in [5.41, 5.74) is 1.67. The Kier molecular flexibility index (Phi) is 19.4. The van der Waals surface area contributed by atoms with E-state index in [1.807, 2.05) is 80.6 Å². The van der Waals surface area contributed by atoms with Crippen molar-refractivity contribution in [2.24, 2.45) is 11.8 Å². The lowest BCUT2D eigenvalue weighted by Gasteiger charge is -2.38. The zero-order valence-corrected chi connectivity index (χ0v) is 39.6. The Hall–Kier alpha value is -3.26. The van der Waals surface area contributed by atoms with Crippen LogP contribution in [-0.4, -0.2) is 94.0 Å². The van der Waals surface area contributed by atoms with Crippen LogP contribution < -0.4 is 9.47 Å². The molecule has 0 aliphatic carbocycles. The number of hydrogen-bond donors (Lipinski definition) is 0. The molecule has 2 heterocycles. The molecule has 3 aromatic rings. The third-order valence-electron chi connectivity index (χ3n) is 11.5. The standard InChI is InChI=1S/C47H65N3O10P2/c1-32(2)50(33(3)4)61(54-28-14-26-48)59-45-34(5)36(7)58-44(45)31-56-62(55-29-15-27-49)60-46-35(6)37(8)57-43(46)30-53-47(38-16-12-11-13-17-38,39-18-22-41(51-9)23-19-39)40-20-24-42(52-10)25-21-40/h11-13,16-25,32-37,43-46H,14-15,28-31H2,1-10H3/t34?,35?,36-,37-,43+,44+,45+,46+,61?,62?/m0/s1. The molecule has 338 valence electrons. The van der Waals surface area contributed by atoms with Crippen LogP contribution in [-0.2, 0) is 42.4 Å². The number of nitriles is 2. The van der Waals surface area contributed by atoms with E-state index in [2.05, 4.69) is 70.5 Å². The molecule has 2 aliphatic rings. The van der Waals surface area contributed by atoms with Gasteiger partial charge in [-0.15, -0.1) is 0 Å². The first-order valence-corrected chi connectivity index (χ1v) is 23.7. The average Bonchev–Trinajstić information content (AvgIpc) is 3.70. The van der Waals surface area contributed by atoms with Gasteiger partial charge < -0.3 is 46.3 Å². The van der Waals surface area contributed by atoms with Gasteiger partial charge in [-0.2, -0.15) is 10.5 Å². The van der Waals surface area contributed by atoms with E-state index >= 15 is 0 Å². The number of hydrogen-bond acceptors (Lipinski definition) is 13. The second-order valence-corrected chi connectivity index (χ2v) is 18.8. The minimum Gasteiger partial charge on any atom is -0.497 e. The topological polar surface area (TPSA) is 143 Å². The van der Waals surface area contributed by atoms with Gasteiger partial charge in [0.2, 0.25) is 0 Å². The van der Waals surface area contributed by atoms with Crippen molar-refractivity contribution in [3.8, 4) is 23.6 Å². The molecule has 2 fully saturated rings. The van der Waals surface area contributed by atoms with Gasteiger partial charge >= 0.3 is 8.60 Å². The van der Waals surface area contributed by atoms with Gasteiger partial charge in [0.25, 0.3) is 8.53 Å². The van der Waals surface area contributed by atoms with E-state index in [9.17, 15) is 10.5 Å². The Morgan fingerprint density at radius 3 is 1.58 bits per heavy atom. The van der Waals surface area contributed by atoms with E-state index in [1.54, 1.807) is 14.2 Å². The minimum absolute atomic E-state index is 0.0212. The molecule has 4 unspecified atom stereocenters. The molecule has 0 aromatic heterocycles. The van der Waals surface area contributed by atoms with E-state index in [0.29, 0.717) is 0 Å². The number of benzene rings is 3. The van der Waals surface area contributed by atoms with Crippen molar-refractivity contribution >= 4 is 17.1 Å². The molecule has 0 amide bonds. The quantitative estimate of drug-likeness (QED) is 0.0479. The van der Waals surface area contributed by atoms with Gasteiger partial charge in [0.05, 0.1) is 83.9 Å². The van der Waals surface area contributed by atoms with Crippen molar-refractivity contribution in [1.29, 1.82) is 10.5 Å². The summed E-state index contributed by atoms with van der Waals surface area (Å²) >= 11 is 0. The summed E-state index contributed by atoms with van der Waals surface area (Å²) in [6, 6.07) is 30.6. The number of rotatable bonds is 24. The lowest BCUT2D eigenvalue weighted by atomic mass is 9.80. The fourth-order valence-electron chi connectivity index (χ4n) is 7.94. The molecular formula is C47H65N3O10P2. The highest BCUT2D eigenvalue weighted by atomic mass is 31.2. The molecule has 0 radical (unpaired) electrons. The number of ether oxygens (including phenoxy) is 5.